The van der Waals surface area contributed by atoms with Gasteiger partial charge in [-0.25, -0.2) is 34.3 Å². The van der Waals surface area contributed by atoms with Crippen LogP contribution < -0.4 is 9.47 Å². The maximum atomic E-state index is 13.7. The summed E-state index contributed by atoms with van der Waals surface area (Å²) in [4.78, 5) is 27.7. The summed E-state index contributed by atoms with van der Waals surface area (Å²) in [5, 5.41) is 11.4. The predicted molar refractivity (Wildman–Crippen MR) is 235 cm³/mol. The van der Waals surface area contributed by atoms with Gasteiger partial charge in [0, 0.05) is 46.3 Å². The number of rotatable bonds is 10. The number of fused-ring (bicyclic) bond motifs is 2. The Morgan fingerprint density at radius 1 is 0.600 bits per heavy atom. The molecule has 13 heteroatoms. The first kappa shape index (κ1) is 46.1. The van der Waals surface area contributed by atoms with Crippen molar-refractivity contribution in [3.63, 3.8) is 0 Å². The fourth-order valence-corrected chi connectivity index (χ4v) is 6.31. The van der Waals surface area contributed by atoms with Crippen LogP contribution in [0.4, 0.5) is 4.39 Å². The van der Waals surface area contributed by atoms with E-state index in [4.69, 9.17) is 18.3 Å². The van der Waals surface area contributed by atoms with Gasteiger partial charge in [-0.3, -0.25) is 0 Å². The van der Waals surface area contributed by atoms with Gasteiger partial charge in [0.1, 0.15) is 42.0 Å². The van der Waals surface area contributed by atoms with Crippen LogP contribution >= 0.6 is 0 Å². The molecule has 0 aliphatic carbocycles. The lowest BCUT2D eigenvalue weighted by Gasteiger charge is -2.14. The third kappa shape index (κ3) is 10.5. The van der Waals surface area contributed by atoms with Crippen LogP contribution in [0, 0.1) is 27.7 Å². The van der Waals surface area contributed by atoms with Crippen LogP contribution in [0.3, 0.4) is 0 Å². The van der Waals surface area contributed by atoms with Crippen molar-refractivity contribution in [2.75, 3.05) is 20.1 Å². The summed E-state index contributed by atoms with van der Waals surface area (Å²) < 4.78 is 36.3. The van der Waals surface area contributed by atoms with Gasteiger partial charge in [0.15, 0.2) is 0 Å². The topological polar surface area (TPSA) is 146 Å². The number of hydrogen-bond donors (Lipinski definition) is 1. The lowest BCUT2D eigenvalue weighted by atomic mass is 9.97. The van der Waals surface area contributed by atoms with E-state index in [1.807, 2.05) is 58.0 Å². The van der Waals surface area contributed by atoms with Crippen LogP contribution in [0.25, 0.3) is 44.2 Å². The molecule has 8 rings (SSSR count). The standard InChI is InChI=1S/C20H16FN3O2.C20H17N3O3.C5H13N.2CH4/c1-12-19(13(2)24-11-23-12)16-4-3-15(9-14(16)10-21)26-20-17-6-8-25-18(17)5-7-22-20;1-12-19(13(2)23-11-22-12)16-4-3-15(9-14(16)10-24)26-20-17-6-8-25-18(17)5-7-21-20;1-4-6(3)5-2;;/h3-9,11H,10H2,1-2H3;3-9,11,24H,10H2,1-2H3;4-5H2,1-3H3;2*1H4. The second-order valence-corrected chi connectivity index (χ2v) is 13.4. The van der Waals surface area contributed by atoms with Crippen molar-refractivity contribution in [3.8, 4) is 45.5 Å². The minimum Gasteiger partial charge on any atom is -0.464 e. The highest BCUT2D eigenvalue weighted by molar-refractivity contribution is 5.83. The Bertz CT molecular complexity index is 2410. The number of aryl methyl sites for hydroxylation is 4. The molecule has 0 saturated carbocycles. The van der Waals surface area contributed by atoms with Crippen LogP contribution in [-0.4, -0.2) is 60.0 Å². The molecule has 2 aromatic carbocycles. The van der Waals surface area contributed by atoms with Crippen molar-refractivity contribution in [1.82, 2.24) is 34.8 Å². The molecular weight excluding hydrogens is 762 g/mol. The summed E-state index contributed by atoms with van der Waals surface area (Å²) in [5.74, 6) is 1.98. The number of halogens is 1. The van der Waals surface area contributed by atoms with E-state index in [1.54, 1.807) is 61.6 Å². The fourth-order valence-electron chi connectivity index (χ4n) is 6.31. The molecule has 0 aliphatic rings. The second-order valence-electron chi connectivity index (χ2n) is 13.4. The van der Waals surface area contributed by atoms with Crippen molar-refractivity contribution < 1.29 is 27.8 Å². The van der Waals surface area contributed by atoms with Crippen LogP contribution in [-0.2, 0) is 13.3 Å². The molecular formula is C47H54FN7O5. The largest absolute Gasteiger partial charge is 0.464 e. The highest BCUT2D eigenvalue weighted by Gasteiger charge is 2.16. The third-order valence-electron chi connectivity index (χ3n) is 9.65. The van der Waals surface area contributed by atoms with Gasteiger partial charge >= 0.3 is 0 Å². The molecule has 12 nitrogen and oxygen atoms in total. The maximum absolute atomic E-state index is 13.7. The van der Waals surface area contributed by atoms with E-state index >= 15 is 0 Å². The number of pyridine rings is 2. The lowest BCUT2D eigenvalue weighted by Crippen LogP contribution is -2.15. The minimum atomic E-state index is -0.621. The SMILES string of the molecule is C.C.CCN(C)CC.Cc1ncnc(C)c1-c1ccc(Oc2nccc3occc23)cc1CF.Cc1ncnc(C)c1-c1ccc(Oc2nccc3occc23)cc1CO. The van der Waals surface area contributed by atoms with Gasteiger partial charge in [-0.05, 0) is 119 Å². The number of aromatic nitrogens is 6. The van der Waals surface area contributed by atoms with Gasteiger partial charge in [-0.15, -0.1) is 0 Å². The van der Waals surface area contributed by atoms with Crippen molar-refractivity contribution in [1.29, 1.82) is 0 Å². The summed E-state index contributed by atoms with van der Waals surface area (Å²) in [5.41, 5.74) is 9.44. The molecule has 8 aromatic rings. The summed E-state index contributed by atoms with van der Waals surface area (Å²) >= 11 is 0. The molecule has 0 fully saturated rings. The third-order valence-corrected chi connectivity index (χ3v) is 9.65. The average molecular weight is 816 g/mol. The summed E-state index contributed by atoms with van der Waals surface area (Å²) in [6.45, 7) is 13.5. The Hall–Kier alpha value is -6.57. The number of aliphatic hydroxyl groups is 1. The number of hydrogen-bond acceptors (Lipinski definition) is 12. The Morgan fingerprint density at radius 3 is 1.40 bits per heavy atom. The number of alkyl halides is 1. The zero-order valence-corrected chi connectivity index (χ0v) is 33.7. The van der Waals surface area contributed by atoms with E-state index in [-0.39, 0.29) is 21.5 Å². The molecule has 6 heterocycles. The van der Waals surface area contributed by atoms with E-state index < -0.39 is 6.67 Å². The van der Waals surface area contributed by atoms with E-state index in [0.717, 1.165) is 74.5 Å². The zero-order valence-electron chi connectivity index (χ0n) is 33.7. The normalized spacial score (nSPS) is 10.6. The van der Waals surface area contributed by atoms with E-state index in [2.05, 4.69) is 55.7 Å². The molecule has 0 amide bonds. The Kier molecular flexibility index (Phi) is 16.5. The van der Waals surface area contributed by atoms with Gasteiger partial charge in [0.25, 0.3) is 0 Å². The second kappa shape index (κ2) is 21.4. The highest BCUT2D eigenvalue weighted by Crippen LogP contribution is 2.36. The molecule has 60 heavy (non-hydrogen) atoms. The van der Waals surface area contributed by atoms with Crippen molar-refractivity contribution >= 4 is 21.9 Å². The van der Waals surface area contributed by atoms with Crippen LogP contribution in [0.1, 0.15) is 62.6 Å². The smallest absolute Gasteiger partial charge is 0.230 e. The van der Waals surface area contributed by atoms with Crippen molar-refractivity contribution in [3.05, 3.63) is 132 Å². The summed E-state index contributed by atoms with van der Waals surface area (Å²) in [6, 6.07) is 18.0. The van der Waals surface area contributed by atoms with Gasteiger partial charge in [-0.1, -0.05) is 40.8 Å². The molecule has 0 unspecified atom stereocenters. The van der Waals surface area contributed by atoms with Crippen LogP contribution in [0.2, 0.25) is 0 Å². The quantitative estimate of drug-likeness (QED) is 0.140. The lowest BCUT2D eigenvalue weighted by molar-refractivity contribution is 0.282. The molecule has 6 aromatic heterocycles. The monoisotopic (exact) mass is 815 g/mol. The number of ether oxygens (including phenoxy) is 2. The maximum Gasteiger partial charge on any atom is 0.230 e. The molecule has 0 spiro atoms. The molecule has 314 valence electrons. The molecule has 0 saturated heterocycles. The van der Waals surface area contributed by atoms with Gasteiger partial charge in [0.2, 0.25) is 11.8 Å². The first-order valence-electron chi connectivity index (χ1n) is 18.8. The van der Waals surface area contributed by atoms with Crippen LogP contribution in [0.15, 0.2) is 107 Å². The molecule has 0 aliphatic heterocycles. The first-order chi connectivity index (χ1) is 28.1. The molecule has 0 radical (unpaired) electrons. The summed E-state index contributed by atoms with van der Waals surface area (Å²) in [6.07, 6.45) is 9.48. The Balaban J connectivity index is 0.000000227. The minimum absolute atomic E-state index is 0. The predicted octanol–water partition coefficient (Wildman–Crippen LogP) is 11.6. The van der Waals surface area contributed by atoms with E-state index in [9.17, 15) is 9.50 Å². The number of benzene rings is 2. The number of furan rings is 2. The molecule has 1 N–H and O–H groups in total. The van der Waals surface area contributed by atoms with Gasteiger partial charge < -0.3 is 28.3 Å². The van der Waals surface area contributed by atoms with Crippen molar-refractivity contribution in [2.24, 2.45) is 0 Å². The number of aliphatic hydroxyl groups excluding tert-OH is 1. The molecule has 0 bridgehead atoms. The zero-order chi connectivity index (χ0) is 41.2. The van der Waals surface area contributed by atoms with Crippen LogP contribution in [0.5, 0.6) is 23.3 Å². The van der Waals surface area contributed by atoms with Gasteiger partial charge in [-0.2, -0.15) is 0 Å². The first-order valence-corrected chi connectivity index (χ1v) is 18.8. The van der Waals surface area contributed by atoms with E-state index in [1.165, 1.54) is 6.33 Å². The van der Waals surface area contributed by atoms with Gasteiger partial charge in [0.05, 0.1) is 29.9 Å². The fraction of sp³-hybridized carbons (Fsp3) is 0.277. The highest BCUT2D eigenvalue weighted by atomic mass is 19.1. The van der Waals surface area contributed by atoms with E-state index in [0.29, 0.717) is 40.0 Å². The Morgan fingerprint density at radius 2 is 1.02 bits per heavy atom. The average Bonchev–Trinajstić information content (AvgIpc) is 3.93. The summed E-state index contributed by atoms with van der Waals surface area (Å²) in [7, 11) is 2.11. The molecule has 0 atom stereocenters. The Labute approximate surface area is 351 Å². The van der Waals surface area contributed by atoms with Crippen molar-refractivity contribution in [2.45, 2.75) is 69.7 Å². The number of nitrogens with zero attached hydrogens (tertiary/aromatic N) is 7.